The number of morpholine rings is 4. The van der Waals surface area contributed by atoms with Gasteiger partial charge in [-0.1, -0.05) is 11.6 Å². The van der Waals surface area contributed by atoms with Crippen molar-refractivity contribution in [2.75, 3.05) is 141 Å². The molecule has 0 radical (unpaired) electrons. The molecule has 0 spiro atoms. The van der Waals surface area contributed by atoms with E-state index in [-0.39, 0.29) is 0 Å². The minimum absolute atomic E-state index is 0.335. The highest BCUT2D eigenvalue weighted by atomic mass is 35.5. The van der Waals surface area contributed by atoms with Gasteiger partial charge in [-0.15, -0.1) is 0 Å². The first-order valence-corrected chi connectivity index (χ1v) is 16.5. The number of aromatic nitrogens is 4. The second-order valence-electron chi connectivity index (χ2n) is 10.8. The fraction of sp³-hybridized carbons (Fsp3) is 0.724. The van der Waals surface area contributed by atoms with Crippen molar-refractivity contribution < 1.29 is 28.4 Å². The minimum Gasteiger partial charge on any atom is -0.462 e. The third-order valence-electron chi connectivity index (χ3n) is 7.77. The summed E-state index contributed by atoms with van der Waals surface area (Å²) in [6.07, 6.45) is 0. The van der Waals surface area contributed by atoms with Crippen LogP contribution in [0.5, 0.6) is 12.0 Å². The van der Waals surface area contributed by atoms with Gasteiger partial charge in [-0.25, -0.2) is 0 Å². The minimum atomic E-state index is 0.335. The molecule has 0 aliphatic carbocycles. The van der Waals surface area contributed by atoms with Gasteiger partial charge >= 0.3 is 12.0 Å². The predicted octanol–water partition coefficient (Wildman–Crippen LogP) is -1.02. The highest BCUT2D eigenvalue weighted by molar-refractivity contribution is 6.29. The van der Waals surface area contributed by atoms with Gasteiger partial charge in [-0.3, -0.25) is 21.5 Å². The molecule has 264 valence electrons. The van der Waals surface area contributed by atoms with Gasteiger partial charge < -0.3 is 44.0 Å². The summed E-state index contributed by atoms with van der Waals surface area (Å²) < 4.78 is 32.8. The van der Waals surface area contributed by atoms with Crippen LogP contribution in [-0.2, 0) is 25.5 Å². The van der Waals surface area contributed by atoms with Crippen LogP contribution < -0.4 is 36.7 Å². The lowest BCUT2D eigenvalue weighted by atomic mass is 10.3. The highest BCUT2D eigenvalue weighted by Crippen LogP contribution is 2.21. The van der Waals surface area contributed by atoms with Gasteiger partial charge in [0.25, 0.3) is 0 Å². The third kappa shape index (κ3) is 13.0. The first kappa shape index (κ1) is 37.1. The number of rotatable bonds is 11. The molecule has 4 aliphatic rings. The van der Waals surface area contributed by atoms with Crippen molar-refractivity contribution in [1.29, 1.82) is 0 Å². The zero-order valence-electron chi connectivity index (χ0n) is 27.1. The topological polar surface area (TPSA) is 198 Å². The average molecular weight is 684 g/mol. The van der Waals surface area contributed by atoms with Crippen LogP contribution in [0.1, 0.15) is 5.69 Å². The van der Waals surface area contributed by atoms with Gasteiger partial charge in [0.05, 0.1) is 58.5 Å². The SMILES string of the molecule is Clc1cc(N2CCOCC2)nc(OCCN2CCOCC2)n1.NCc1cc(N2CCOCC2)nc(OCCN2CCOCC2)n1.NN. The Balaban J connectivity index is 0.000000202. The molecule has 0 aromatic carbocycles. The quantitative estimate of drug-likeness (QED) is 0.148. The molecule has 0 bridgehead atoms. The number of hydrazine groups is 1. The Morgan fingerprint density at radius 3 is 1.45 bits per heavy atom. The van der Waals surface area contributed by atoms with E-state index in [0.717, 1.165) is 122 Å². The number of nitrogens with zero attached hydrogens (tertiary/aromatic N) is 8. The summed E-state index contributed by atoms with van der Waals surface area (Å²) in [7, 11) is 0. The largest absolute Gasteiger partial charge is 0.462 e. The number of anilines is 2. The van der Waals surface area contributed by atoms with E-state index in [9.17, 15) is 0 Å². The molecule has 6 rings (SSSR count). The van der Waals surface area contributed by atoms with Crippen LogP contribution >= 0.6 is 11.6 Å². The summed E-state index contributed by atoms with van der Waals surface area (Å²) in [5.74, 6) is 9.66. The maximum absolute atomic E-state index is 6.08. The van der Waals surface area contributed by atoms with Gasteiger partial charge in [0.15, 0.2) is 0 Å². The molecule has 18 heteroatoms. The Morgan fingerprint density at radius 1 is 0.596 bits per heavy atom. The molecular formula is C29H50ClN11O6. The van der Waals surface area contributed by atoms with E-state index in [1.54, 1.807) is 6.07 Å². The fourth-order valence-corrected chi connectivity index (χ4v) is 5.34. The molecule has 4 saturated heterocycles. The first-order valence-electron chi connectivity index (χ1n) is 16.1. The molecule has 0 unspecified atom stereocenters. The van der Waals surface area contributed by atoms with E-state index in [4.69, 9.17) is 45.8 Å². The molecule has 17 nitrogen and oxygen atoms in total. The molecule has 0 amide bonds. The van der Waals surface area contributed by atoms with Crippen LogP contribution in [-0.4, -0.2) is 161 Å². The second kappa shape index (κ2) is 21.3. The summed E-state index contributed by atoms with van der Waals surface area (Å²) in [5, 5.41) is 0.401. The van der Waals surface area contributed by atoms with Crippen LogP contribution in [0.4, 0.5) is 11.6 Å². The van der Waals surface area contributed by atoms with Crippen LogP contribution in [0.3, 0.4) is 0 Å². The predicted molar refractivity (Wildman–Crippen MR) is 177 cm³/mol. The van der Waals surface area contributed by atoms with Crippen molar-refractivity contribution in [2.45, 2.75) is 6.54 Å². The van der Waals surface area contributed by atoms with Crippen molar-refractivity contribution in [3.8, 4) is 12.0 Å². The Kier molecular flexibility index (Phi) is 16.8. The normalized spacial score (nSPS) is 19.2. The van der Waals surface area contributed by atoms with Gasteiger partial charge in [-0.2, -0.15) is 19.9 Å². The standard InChI is InChI=1S/C15H25N5O3.C14H21ClN4O3.H4N2/c16-12-13-11-14(20-4-8-22-9-5-20)18-15(17-13)23-10-3-19-1-6-21-7-2-19;15-12-11-13(19-4-8-21-9-5-19)17-14(16-12)22-10-3-18-1-6-20-7-2-18;1-2/h11H,1-10,12,16H2;11H,1-10H2;1-2H2. The smallest absolute Gasteiger partial charge is 0.319 e. The van der Waals surface area contributed by atoms with Crippen molar-refractivity contribution in [3.63, 3.8) is 0 Å². The molecule has 4 aliphatic heterocycles. The summed E-state index contributed by atoms with van der Waals surface area (Å²) in [6, 6.07) is 4.44. The van der Waals surface area contributed by atoms with Crippen molar-refractivity contribution in [1.82, 2.24) is 29.7 Å². The van der Waals surface area contributed by atoms with Crippen LogP contribution in [0.15, 0.2) is 12.1 Å². The van der Waals surface area contributed by atoms with Crippen molar-refractivity contribution in [3.05, 3.63) is 23.0 Å². The number of hydrogen-bond donors (Lipinski definition) is 3. The first-order chi connectivity index (χ1) is 23.2. The number of ether oxygens (including phenoxy) is 6. The van der Waals surface area contributed by atoms with E-state index in [0.29, 0.717) is 50.1 Å². The van der Waals surface area contributed by atoms with Crippen LogP contribution in [0.25, 0.3) is 0 Å². The fourth-order valence-electron chi connectivity index (χ4n) is 5.17. The van der Waals surface area contributed by atoms with E-state index in [1.165, 1.54) is 0 Å². The Hall–Kier alpha value is -2.71. The van der Waals surface area contributed by atoms with Crippen molar-refractivity contribution in [2.24, 2.45) is 17.4 Å². The lowest BCUT2D eigenvalue weighted by Gasteiger charge is -2.28. The molecule has 0 saturated carbocycles. The zero-order chi connectivity index (χ0) is 33.1. The lowest BCUT2D eigenvalue weighted by Crippen LogP contribution is -2.39. The van der Waals surface area contributed by atoms with Gasteiger partial charge in [0.1, 0.15) is 30.0 Å². The van der Waals surface area contributed by atoms with E-state index < -0.39 is 0 Å². The lowest BCUT2D eigenvalue weighted by molar-refractivity contribution is 0.0316. The molecule has 4 fully saturated rings. The molecule has 6 heterocycles. The summed E-state index contributed by atoms with van der Waals surface area (Å²) >= 11 is 6.08. The maximum atomic E-state index is 6.08. The second-order valence-corrected chi connectivity index (χ2v) is 11.2. The third-order valence-corrected chi connectivity index (χ3v) is 7.96. The Morgan fingerprint density at radius 2 is 1.00 bits per heavy atom. The molecule has 0 atom stereocenters. The van der Waals surface area contributed by atoms with E-state index in [1.807, 2.05) is 6.07 Å². The number of hydrogen-bond acceptors (Lipinski definition) is 17. The average Bonchev–Trinajstić information content (AvgIpc) is 3.14. The molecule has 2 aromatic rings. The van der Waals surface area contributed by atoms with Crippen LogP contribution in [0.2, 0.25) is 5.15 Å². The molecule has 47 heavy (non-hydrogen) atoms. The van der Waals surface area contributed by atoms with E-state index in [2.05, 4.69) is 51.2 Å². The highest BCUT2D eigenvalue weighted by Gasteiger charge is 2.17. The monoisotopic (exact) mass is 683 g/mol. The summed E-state index contributed by atoms with van der Waals surface area (Å²) in [4.78, 5) is 26.4. The molecule has 6 N–H and O–H groups in total. The molecule has 2 aromatic heterocycles. The van der Waals surface area contributed by atoms with Crippen LogP contribution in [0, 0.1) is 0 Å². The summed E-state index contributed by atoms with van der Waals surface area (Å²) in [6.45, 7) is 16.2. The number of halogens is 1. The number of nitrogens with two attached hydrogens (primary N) is 3. The Bertz CT molecular complexity index is 1150. The van der Waals surface area contributed by atoms with E-state index >= 15 is 0 Å². The summed E-state index contributed by atoms with van der Waals surface area (Å²) in [5.41, 5.74) is 6.55. The van der Waals surface area contributed by atoms with Gasteiger partial charge in [0, 0.05) is 84.1 Å². The van der Waals surface area contributed by atoms with Gasteiger partial charge in [0.2, 0.25) is 0 Å². The van der Waals surface area contributed by atoms with Gasteiger partial charge in [-0.05, 0) is 0 Å². The van der Waals surface area contributed by atoms with Crippen molar-refractivity contribution >= 4 is 23.2 Å². The maximum Gasteiger partial charge on any atom is 0.319 e. The Labute approximate surface area is 281 Å². The zero-order valence-corrected chi connectivity index (χ0v) is 27.9. The molecular weight excluding hydrogens is 634 g/mol.